The molecule has 74 valence electrons. The van der Waals surface area contributed by atoms with E-state index in [1.807, 2.05) is 0 Å². The molecule has 4 nitrogen and oxygen atoms in total. The monoisotopic (exact) mass is 184 g/mol. The van der Waals surface area contributed by atoms with Crippen molar-refractivity contribution in [2.24, 2.45) is 17.4 Å². The number of carbonyl (C=O) groups is 1. The molecule has 13 heavy (non-hydrogen) atoms. The molecular formula is C9H16N2O2. The number of nitrogens with two attached hydrogens (primary N) is 2. The summed E-state index contributed by atoms with van der Waals surface area (Å²) in [5.41, 5.74) is 10.9. The van der Waals surface area contributed by atoms with E-state index in [2.05, 4.69) is 0 Å². The number of hydrogen-bond acceptors (Lipinski definition) is 3. The van der Waals surface area contributed by atoms with Crippen LogP contribution in [0.4, 0.5) is 0 Å². The number of hydrogen-bond donors (Lipinski definition) is 2. The minimum atomic E-state index is -0.364. The van der Waals surface area contributed by atoms with Crippen LogP contribution < -0.4 is 11.5 Å². The lowest BCUT2D eigenvalue weighted by atomic mass is 9.60. The fourth-order valence-corrected chi connectivity index (χ4v) is 2.59. The molecule has 1 saturated heterocycles. The van der Waals surface area contributed by atoms with Gasteiger partial charge in [0.05, 0.1) is 6.10 Å². The lowest BCUT2D eigenvalue weighted by molar-refractivity contribution is -0.144. The van der Waals surface area contributed by atoms with Gasteiger partial charge in [0.15, 0.2) is 0 Å². The Morgan fingerprint density at radius 2 is 2.38 bits per heavy atom. The Labute approximate surface area is 77.6 Å². The van der Waals surface area contributed by atoms with E-state index in [-0.39, 0.29) is 17.6 Å². The fraction of sp³-hybridized carbons (Fsp3) is 0.889. The molecule has 4 heteroatoms. The van der Waals surface area contributed by atoms with Gasteiger partial charge in [0.1, 0.15) is 0 Å². The van der Waals surface area contributed by atoms with Gasteiger partial charge in [0.2, 0.25) is 5.91 Å². The molecule has 1 aliphatic heterocycles. The van der Waals surface area contributed by atoms with Crippen LogP contribution in [0.3, 0.4) is 0 Å². The predicted molar refractivity (Wildman–Crippen MR) is 47.8 cm³/mol. The van der Waals surface area contributed by atoms with Gasteiger partial charge < -0.3 is 16.2 Å². The number of amides is 1. The standard InChI is InChI=1S/C9H16N2O2/c10-8(12)5-9(11)4-7-6(9)2-1-3-13-7/h6-7H,1-5,11H2,(H2,10,12)/t6-,7-,9?/m1/s1. The van der Waals surface area contributed by atoms with E-state index in [4.69, 9.17) is 16.2 Å². The molecule has 0 spiro atoms. The smallest absolute Gasteiger partial charge is 0.219 e. The second kappa shape index (κ2) is 2.96. The lowest BCUT2D eigenvalue weighted by Gasteiger charge is -2.54. The highest BCUT2D eigenvalue weighted by molar-refractivity contribution is 5.75. The van der Waals surface area contributed by atoms with Crippen molar-refractivity contribution in [3.8, 4) is 0 Å². The summed E-state index contributed by atoms with van der Waals surface area (Å²) in [4.78, 5) is 10.8. The number of primary amides is 1. The number of rotatable bonds is 2. The van der Waals surface area contributed by atoms with Crippen LogP contribution in [0.2, 0.25) is 0 Å². The van der Waals surface area contributed by atoms with Gasteiger partial charge in [-0.2, -0.15) is 0 Å². The topological polar surface area (TPSA) is 78.3 Å². The Bertz CT molecular complexity index is 232. The van der Waals surface area contributed by atoms with Crippen LogP contribution in [0.25, 0.3) is 0 Å². The Balaban J connectivity index is 1.98. The molecule has 0 aromatic rings. The van der Waals surface area contributed by atoms with Gasteiger partial charge in [-0.25, -0.2) is 0 Å². The first-order chi connectivity index (χ1) is 6.12. The van der Waals surface area contributed by atoms with Crippen LogP contribution >= 0.6 is 0 Å². The second-order valence-electron chi connectivity index (χ2n) is 4.24. The lowest BCUT2D eigenvalue weighted by Crippen LogP contribution is -2.66. The maximum atomic E-state index is 10.8. The van der Waals surface area contributed by atoms with Gasteiger partial charge in [-0.05, 0) is 19.3 Å². The summed E-state index contributed by atoms with van der Waals surface area (Å²) < 4.78 is 5.52. The molecule has 1 amide bonds. The third-order valence-corrected chi connectivity index (χ3v) is 3.26. The normalized spacial score (nSPS) is 43.5. The largest absolute Gasteiger partial charge is 0.378 e. The summed E-state index contributed by atoms with van der Waals surface area (Å²) >= 11 is 0. The van der Waals surface area contributed by atoms with Gasteiger partial charge >= 0.3 is 0 Å². The first-order valence-electron chi connectivity index (χ1n) is 4.81. The average molecular weight is 184 g/mol. The molecule has 2 rings (SSSR count). The molecule has 3 atom stereocenters. The van der Waals surface area contributed by atoms with Gasteiger partial charge in [0, 0.05) is 24.5 Å². The summed E-state index contributed by atoms with van der Waals surface area (Å²) in [5.74, 6) is 0.0558. The van der Waals surface area contributed by atoms with Crippen LogP contribution in [0.1, 0.15) is 25.7 Å². The summed E-state index contributed by atoms with van der Waals surface area (Å²) in [6.45, 7) is 0.841. The molecule has 0 radical (unpaired) electrons. The predicted octanol–water partition coefficient (Wildman–Crippen LogP) is -0.242. The van der Waals surface area contributed by atoms with E-state index in [1.165, 1.54) is 0 Å². The molecule has 1 aliphatic carbocycles. The summed E-state index contributed by atoms with van der Waals surface area (Å²) in [5, 5.41) is 0. The Kier molecular flexibility index (Phi) is 2.04. The van der Waals surface area contributed by atoms with Crippen molar-refractivity contribution in [1.29, 1.82) is 0 Å². The van der Waals surface area contributed by atoms with Crippen molar-refractivity contribution in [3.63, 3.8) is 0 Å². The molecule has 1 saturated carbocycles. The van der Waals surface area contributed by atoms with E-state index in [0.29, 0.717) is 12.3 Å². The minimum Gasteiger partial charge on any atom is -0.378 e. The zero-order valence-corrected chi connectivity index (χ0v) is 7.66. The molecule has 2 aliphatic rings. The summed E-state index contributed by atoms with van der Waals surface area (Å²) in [6, 6.07) is 0. The Morgan fingerprint density at radius 1 is 1.62 bits per heavy atom. The first kappa shape index (κ1) is 8.97. The Morgan fingerprint density at radius 3 is 3.00 bits per heavy atom. The van der Waals surface area contributed by atoms with Crippen molar-refractivity contribution in [3.05, 3.63) is 0 Å². The van der Waals surface area contributed by atoms with Crippen LogP contribution in [0.15, 0.2) is 0 Å². The van der Waals surface area contributed by atoms with Crippen LogP contribution in [0, 0.1) is 5.92 Å². The summed E-state index contributed by atoms with van der Waals surface area (Å²) in [7, 11) is 0. The second-order valence-corrected chi connectivity index (χ2v) is 4.24. The van der Waals surface area contributed by atoms with Gasteiger partial charge in [0.25, 0.3) is 0 Å². The SMILES string of the molecule is NC(=O)CC1(N)C[C@H]2OCCC[C@H]21. The molecule has 1 unspecified atom stereocenters. The van der Waals surface area contributed by atoms with Crippen molar-refractivity contribution in [2.45, 2.75) is 37.3 Å². The molecule has 0 aromatic carbocycles. The van der Waals surface area contributed by atoms with Crippen LogP contribution in [-0.2, 0) is 9.53 Å². The third-order valence-electron chi connectivity index (χ3n) is 3.26. The van der Waals surface area contributed by atoms with E-state index >= 15 is 0 Å². The highest BCUT2D eigenvalue weighted by atomic mass is 16.5. The molecule has 1 heterocycles. The van der Waals surface area contributed by atoms with Gasteiger partial charge in [-0.3, -0.25) is 4.79 Å². The van der Waals surface area contributed by atoms with Gasteiger partial charge in [-0.15, -0.1) is 0 Å². The number of ether oxygens (including phenoxy) is 1. The van der Waals surface area contributed by atoms with Crippen LogP contribution in [0.5, 0.6) is 0 Å². The van der Waals surface area contributed by atoms with E-state index in [0.717, 1.165) is 25.9 Å². The highest BCUT2D eigenvalue weighted by Crippen LogP contribution is 2.46. The van der Waals surface area contributed by atoms with E-state index < -0.39 is 0 Å². The minimum absolute atomic E-state index is 0.290. The average Bonchev–Trinajstić information content (AvgIpc) is 2.02. The summed E-state index contributed by atoms with van der Waals surface area (Å²) in [6.07, 6.45) is 3.52. The van der Waals surface area contributed by atoms with E-state index in [9.17, 15) is 4.79 Å². The molecular weight excluding hydrogens is 168 g/mol. The van der Waals surface area contributed by atoms with Crippen molar-refractivity contribution in [1.82, 2.24) is 0 Å². The molecule has 4 N–H and O–H groups in total. The zero-order valence-electron chi connectivity index (χ0n) is 7.66. The van der Waals surface area contributed by atoms with Gasteiger partial charge in [-0.1, -0.05) is 0 Å². The maximum Gasteiger partial charge on any atom is 0.219 e. The van der Waals surface area contributed by atoms with Crippen molar-refractivity contribution >= 4 is 5.91 Å². The number of carbonyl (C=O) groups excluding carboxylic acids is 1. The molecule has 2 fully saturated rings. The first-order valence-corrected chi connectivity index (χ1v) is 4.81. The highest BCUT2D eigenvalue weighted by Gasteiger charge is 2.53. The number of fused-ring (bicyclic) bond motifs is 1. The third kappa shape index (κ3) is 1.44. The van der Waals surface area contributed by atoms with E-state index in [1.54, 1.807) is 0 Å². The van der Waals surface area contributed by atoms with Crippen molar-refractivity contribution < 1.29 is 9.53 Å². The molecule has 0 bridgehead atoms. The fourth-order valence-electron chi connectivity index (χ4n) is 2.59. The van der Waals surface area contributed by atoms with Crippen molar-refractivity contribution in [2.75, 3.05) is 6.61 Å². The maximum absolute atomic E-state index is 10.8. The van der Waals surface area contributed by atoms with Crippen LogP contribution in [-0.4, -0.2) is 24.2 Å². The Hall–Kier alpha value is -0.610. The molecule has 0 aromatic heterocycles. The quantitative estimate of drug-likeness (QED) is 0.621. The zero-order chi connectivity index (χ0) is 9.47.